The Hall–Kier alpha value is -2.98. The summed E-state index contributed by atoms with van der Waals surface area (Å²) in [7, 11) is 0. The maximum Gasteiger partial charge on any atom is 0.267 e. The molecule has 7 nitrogen and oxygen atoms in total. The maximum atomic E-state index is 13.7. The van der Waals surface area contributed by atoms with E-state index in [1.165, 1.54) is 0 Å². The number of alkyl halides is 3. The van der Waals surface area contributed by atoms with Crippen LogP contribution >= 0.6 is 34.8 Å². The number of halogens is 3. The van der Waals surface area contributed by atoms with Crippen molar-refractivity contribution in [3.8, 4) is 0 Å². The molecular formula is C36H36Cl3NO6. The second-order valence-electron chi connectivity index (χ2n) is 10.9. The Labute approximate surface area is 284 Å². The van der Waals surface area contributed by atoms with E-state index in [1.54, 1.807) is 0 Å². The van der Waals surface area contributed by atoms with Crippen LogP contribution in [-0.4, -0.2) is 47.0 Å². The van der Waals surface area contributed by atoms with Gasteiger partial charge in [-0.1, -0.05) is 156 Å². The molecule has 0 spiro atoms. The summed E-state index contributed by atoms with van der Waals surface area (Å²) in [6.45, 7) is 1.12. The standard InChI is InChI=1S/C36H36Cl3NO6/c37-36(38,39)40-35(41)34-33(45-24-29-19-11-4-12-20-29)32(44-23-28-17-9-3-10-18-28)31(43-22-27-15-7-2-8-16-27)30(46-34)25-42-21-26-13-5-1-6-14-26/h1-20,30-34H,21-25H2,(H,40,41)/t30-,31+,32+,33-,34-/m1/s1. The predicted octanol–water partition coefficient (Wildman–Crippen LogP) is 7.17. The highest BCUT2D eigenvalue weighted by Crippen LogP contribution is 2.32. The molecule has 46 heavy (non-hydrogen) atoms. The lowest BCUT2D eigenvalue weighted by molar-refractivity contribution is -0.267. The Bertz CT molecular complexity index is 1460. The number of hydrogen-bond donors (Lipinski definition) is 1. The van der Waals surface area contributed by atoms with E-state index >= 15 is 0 Å². The molecule has 0 saturated carbocycles. The van der Waals surface area contributed by atoms with Crippen LogP contribution < -0.4 is 5.32 Å². The molecule has 1 N–H and O–H groups in total. The molecule has 1 aliphatic heterocycles. The van der Waals surface area contributed by atoms with Gasteiger partial charge < -0.3 is 29.0 Å². The molecule has 1 heterocycles. The van der Waals surface area contributed by atoms with Crippen LogP contribution in [0.25, 0.3) is 0 Å². The molecular weight excluding hydrogens is 649 g/mol. The van der Waals surface area contributed by atoms with Crippen LogP contribution in [0.2, 0.25) is 0 Å². The van der Waals surface area contributed by atoms with E-state index in [-0.39, 0.29) is 26.4 Å². The molecule has 4 aromatic carbocycles. The van der Waals surface area contributed by atoms with Crippen molar-refractivity contribution in [3.05, 3.63) is 144 Å². The van der Waals surface area contributed by atoms with Gasteiger partial charge in [-0.3, -0.25) is 4.79 Å². The van der Waals surface area contributed by atoms with Crippen molar-refractivity contribution in [1.82, 2.24) is 5.32 Å². The quantitative estimate of drug-likeness (QED) is 0.112. The van der Waals surface area contributed by atoms with Gasteiger partial charge in [0.05, 0.1) is 33.0 Å². The average molecular weight is 685 g/mol. The van der Waals surface area contributed by atoms with E-state index in [0.717, 1.165) is 22.3 Å². The molecule has 1 saturated heterocycles. The molecule has 1 amide bonds. The van der Waals surface area contributed by atoms with Crippen molar-refractivity contribution in [2.24, 2.45) is 0 Å². The molecule has 0 radical (unpaired) electrons. The average Bonchev–Trinajstić information content (AvgIpc) is 3.07. The molecule has 242 valence electrons. The third-order valence-corrected chi connectivity index (χ3v) is 7.69. The summed E-state index contributed by atoms with van der Waals surface area (Å²) >= 11 is 18.0. The number of ether oxygens (including phenoxy) is 5. The van der Waals surface area contributed by atoms with Crippen LogP contribution in [0.5, 0.6) is 0 Å². The minimum Gasteiger partial charge on any atom is -0.374 e. The van der Waals surface area contributed by atoms with Gasteiger partial charge >= 0.3 is 0 Å². The smallest absolute Gasteiger partial charge is 0.267 e. The third-order valence-electron chi connectivity index (χ3n) is 7.41. The highest BCUT2D eigenvalue weighted by molar-refractivity contribution is 6.67. The summed E-state index contributed by atoms with van der Waals surface area (Å²) in [6, 6.07) is 38.9. The van der Waals surface area contributed by atoms with Gasteiger partial charge in [0, 0.05) is 0 Å². The summed E-state index contributed by atoms with van der Waals surface area (Å²) in [5.74, 6) is -0.666. The first kappa shape index (κ1) is 34.4. The molecule has 0 aromatic heterocycles. The summed E-state index contributed by atoms with van der Waals surface area (Å²) < 4.78 is 30.2. The van der Waals surface area contributed by atoms with Crippen molar-refractivity contribution < 1.29 is 28.5 Å². The Morgan fingerprint density at radius 3 is 1.41 bits per heavy atom. The number of nitrogens with one attached hydrogen (secondary N) is 1. The van der Waals surface area contributed by atoms with E-state index < -0.39 is 40.3 Å². The van der Waals surface area contributed by atoms with Crippen molar-refractivity contribution in [2.75, 3.05) is 6.61 Å². The monoisotopic (exact) mass is 683 g/mol. The predicted molar refractivity (Wildman–Crippen MR) is 178 cm³/mol. The van der Waals surface area contributed by atoms with E-state index in [2.05, 4.69) is 5.32 Å². The molecule has 5 rings (SSSR count). The normalized spacial score (nSPS) is 21.5. The number of carbonyl (C=O) groups is 1. The fraction of sp³-hybridized carbons (Fsp3) is 0.306. The zero-order chi connectivity index (χ0) is 32.2. The maximum absolute atomic E-state index is 13.7. The summed E-state index contributed by atoms with van der Waals surface area (Å²) in [4.78, 5) is 13.7. The first-order valence-corrected chi connectivity index (χ1v) is 16.1. The summed E-state index contributed by atoms with van der Waals surface area (Å²) in [5.41, 5.74) is 3.80. The second kappa shape index (κ2) is 17.3. The van der Waals surface area contributed by atoms with Gasteiger partial charge in [-0.25, -0.2) is 0 Å². The molecule has 10 heteroatoms. The third kappa shape index (κ3) is 10.5. The zero-order valence-electron chi connectivity index (χ0n) is 25.1. The van der Waals surface area contributed by atoms with Gasteiger partial charge in [0.15, 0.2) is 6.10 Å². The highest BCUT2D eigenvalue weighted by Gasteiger charge is 2.51. The number of carbonyl (C=O) groups excluding carboxylic acids is 1. The van der Waals surface area contributed by atoms with Gasteiger partial charge in [-0.15, -0.1) is 0 Å². The van der Waals surface area contributed by atoms with Crippen LogP contribution in [0.1, 0.15) is 22.3 Å². The van der Waals surface area contributed by atoms with Gasteiger partial charge in [0.25, 0.3) is 9.82 Å². The lowest BCUT2D eigenvalue weighted by atomic mass is 9.93. The van der Waals surface area contributed by atoms with E-state index in [9.17, 15) is 4.79 Å². The van der Waals surface area contributed by atoms with E-state index in [4.69, 9.17) is 58.5 Å². The fourth-order valence-corrected chi connectivity index (χ4v) is 5.49. The van der Waals surface area contributed by atoms with Crippen molar-refractivity contribution in [3.63, 3.8) is 0 Å². The Morgan fingerprint density at radius 1 is 0.587 bits per heavy atom. The van der Waals surface area contributed by atoms with E-state index in [1.807, 2.05) is 121 Å². The van der Waals surface area contributed by atoms with Gasteiger partial charge in [0.2, 0.25) is 0 Å². The van der Waals surface area contributed by atoms with E-state index in [0.29, 0.717) is 6.61 Å². The van der Waals surface area contributed by atoms with Crippen LogP contribution in [0, 0.1) is 0 Å². The van der Waals surface area contributed by atoms with Crippen LogP contribution in [-0.2, 0) is 54.9 Å². The minimum atomic E-state index is -2.06. The van der Waals surface area contributed by atoms with Crippen molar-refractivity contribution in [2.45, 2.75) is 60.9 Å². The lowest BCUT2D eigenvalue weighted by Gasteiger charge is -2.45. The molecule has 0 aliphatic carbocycles. The Kier molecular flexibility index (Phi) is 12.9. The SMILES string of the molecule is O=C(NC(Cl)(Cl)Cl)[C@@H]1O[C@H](COCc2ccccc2)[C@H](OCc2ccccc2)[C@H](OCc2ccccc2)[C@H]1OCc1ccccc1. The lowest BCUT2D eigenvalue weighted by Crippen LogP contribution is -2.65. The van der Waals surface area contributed by atoms with Gasteiger partial charge in [-0.2, -0.15) is 0 Å². The Balaban J connectivity index is 1.47. The highest BCUT2D eigenvalue weighted by atomic mass is 35.6. The van der Waals surface area contributed by atoms with Gasteiger partial charge in [-0.05, 0) is 22.3 Å². The minimum absolute atomic E-state index is 0.0997. The Morgan fingerprint density at radius 2 is 0.978 bits per heavy atom. The van der Waals surface area contributed by atoms with Crippen LogP contribution in [0.4, 0.5) is 0 Å². The number of hydrogen-bond acceptors (Lipinski definition) is 6. The molecule has 0 unspecified atom stereocenters. The first-order valence-electron chi connectivity index (χ1n) is 15.0. The summed E-state index contributed by atoms with van der Waals surface area (Å²) in [5, 5.41) is 2.40. The van der Waals surface area contributed by atoms with Crippen LogP contribution in [0.15, 0.2) is 121 Å². The largest absolute Gasteiger partial charge is 0.374 e. The van der Waals surface area contributed by atoms with Crippen molar-refractivity contribution >= 4 is 40.7 Å². The molecule has 1 aliphatic rings. The molecule has 0 bridgehead atoms. The number of rotatable bonds is 14. The molecule has 1 fully saturated rings. The summed E-state index contributed by atoms with van der Waals surface area (Å²) in [6.07, 6.45) is -4.38. The number of amides is 1. The second-order valence-corrected chi connectivity index (χ2v) is 13.1. The van der Waals surface area contributed by atoms with Crippen LogP contribution in [0.3, 0.4) is 0 Å². The molecule has 4 aromatic rings. The van der Waals surface area contributed by atoms with Crippen molar-refractivity contribution in [1.29, 1.82) is 0 Å². The first-order chi connectivity index (χ1) is 22.4. The fourth-order valence-electron chi connectivity index (χ4n) is 5.21. The molecule has 5 atom stereocenters. The number of benzene rings is 4. The zero-order valence-corrected chi connectivity index (χ0v) is 27.3. The topological polar surface area (TPSA) is 75.3 Å². The van der Waals surface area contributed by atoms with Gasteiger partial charge in [0.1, 0.15) is 24.4 Å².